The number of hydrogen-bond acceptors (Lipinski definition) is 12. The normalized spacial score (nSPS) is 13.0. The summed E-state index contributed by atoms with van der Waals surface area (Å²) >= 11 is 7.01. The second-order valence-electron chi connectivity index (χ2n) is 11.0. The number of nitro benzene ring substituents is 1. The molecule has 0 aliphatic carbocycles. The number of ether oxygens (including phenoxy) is 1. The molecule has 7 N–H and O–H groups in total. The lowest BCUT2D eigenvalue weighted by Crippen LogP contribution is -2.37. The van der Waals surface area contributed by atoms with E-state index >= 15 is 0 Å². The number of nitrogens with two attached hydrogens (primary N) is 2. The third-order valence-electron chi connectivity index (χ3n) is 5.81. The Morgan fingerprint density at radius 3 is 2.18 bits per heavy atom. The van der Waals surface area contributed by atoms with E-state index in [-0.39, 0.29) is 40.1 Å². The minimum Gasteiger partial charge on any atom is -0.480 e. The molecule has 2 atom stereocenters. The van der Waals surface area contributed by atoms with Gasteiger partial charge in [0, 0.05) is 30.4 Å². The number of nitro groups is 1. The molecule has 3 rings (SSSR count). The third kappa shape index (κ3) is 13.7. The van der Waals surface area contributed by atoms with Crippen LogP contribution in [0.2, 0.25) is 5.02 Å². The molecule has 1 aromatic heterocycles. The zero-order valence-corrected chi connectivity index (χ0v) is 28.9. The van der Waals surface area contributed by atoms with Crippen LogP contribution in [0.25, 0.3) is 0 Å². The van der Waals surface area contributed by atoms with E-state index in [1.165, 1.54) is 18.4 Å². The maximum absolute atomic E-state index is 12.6. The standard InChI is InChI=1S/C14H7ClF3NO5.C8H14N4OS.C5H12NO4P/c15-10-5-7(14(16,17)18)1-4-12(10)24-8-2-3-11(19(22)23)9(6-8)13(20)21;1-8(2,3)5-6(13)12(9)7(14-4)11-10-5;1-11(9,10)3-2-4(6)5(7)8/h1-6H,(H,20,21);9H2,1-4H3;4H,2-3,6H2,1H3,(H,7,8)(H,9,10). The van der Waals surface area contributed by atoms with Gasteiger partial charge in [-0.15, -0.1) is 10.2 Å². The van der Waals surface area contributed by atoms with Crippen LogP contribution < -0.4 is 21.9 Å². The summed E-state index contributed by atoms with van der Waals surface area (Å²) in [5.41, 5.74) is 2.62. The number of carboxylic acid groups (broad SMARTS) is 2. The number of aromatic carboxylic acids is 1. The molecule has 0 saturated heterocycles. The highest BCUT2D eigenvalue weighted by atomic mass is 35.5. The average Bonchev–Trinajstić information content (AvgIpc) is 2.97. The highest BCUT2D eigenvalue weighted by Gasteiger charge is 2.31. The Kier molecular flexibility index (Phi) is 15.2. The van der Waals surface area contributed by atoms with Crippen molar-refractivity contribution in [2.24, 2.45) is 5.73 Å². The molecule has 22 heteroatoms. The van der Waals surface area contributed by atoms with E-state index in [1.54, 1.807) is 6.26 Å². The van der Waals surface area contributed by atoms with E-state index in [4.69, 9.17) is 43.0 Å². The summed E-state index contributed by atoms with van der Waals surface area (Å²) in [6, 6.07) is 4.23. The van der Waals surface area contributed by atoms with Gasteiger partial charge in [0.2, 0.25) is 5.16 Å². The van der Waals surface area contributed by atoms with Gasteiger partial charge in [-0.25, -0.2) is 4.79 Å². The number of rotatable bonds is 9. The molecule has 270 valence electrons. The fourth-order valence-corrected chi connectivity index (χ4v) is 4.67. The number of carbonyl (C=O) groups is 2. The molecule has 0 spiro atoms. The Balaban J connectivity index is 0.000000407. The minimum absolute atomic E-state index is 0.0412. The van der Waals surface area contributed by atoms with Gasteiger partial charge in [0.05, 0.1) is 15.5 Å². The molecule has 16 nitrogen and oxygen atoms in total. The second-order valence-corrected chi connectivity index (χ2v) is 14.7. The van der Waals surface area contributed by atoms with Crippen molar-refractivity contribution in [2.75, 3.05) is 24.9 Å². The summed E-state index contributed by atoms with van der Waals surface area (Å²) in [5, 5.41) is 35.9. The van der Waals surface area contributed by atoms with Crippen LogP contribution in [-0.2, 0) is 21.0 Å². The van der Waals surface area contributed by atoms with Gasteiger partial charge >= 0.3 is 18.1 Å². The van der Waals surface area contributed by atoms with Gasteiger partial charge < -0.3 is 31.4 Å². The van der Waals surface area contributed by atoms with Gasteiger partial charge in [-0.1, -0.05) is 44.1 Å². The molecule has 0 radical (unpaired) electrons. The van der Waals surface area contributed by atoms with Gasteiger partial charge in [-0.3, -0.25) is 24.3 Å². The molecule has 0 amide bonds. The zero-order valence-electron chi connectivity index (χ0n) is 26.5. The Hall–Kier alpha value is -4.23. The number of aromatic nitrogens is 3. The second kappa shape index (κ2) is 17.4. The Morgan fingerprint density at radius 2 is 1.76 bits per heavy atom. The van der Waals surface area contributed by atoms with Crippen LogP contribution in [0.3, 0.4) is 0 Å². The highest BCUT2D eigenvalue weighted by Crippen LogP contribution is 2.37. The number of nitrogens with zero attached hydrogens (tertiary/aromatic N) is 4. The zero-order chi connectivity index (χ0) is 38.1. The fourth-order valence-electron chi connectivity index (χ4n) is 3.29. The first-order chi connectivity index (χ1) is 22.3. The third-order valence-corrected chi connectivity index (χ3v) is 7.84. The van der Waals surface area contributed by atoms with E-state index in [0.717, 1.165) is 35.0 Å². The quantitative estimate of drug-likeness (QED) is 0.0644. The number of thioether (sulfide) groups is 1. The molecule has 1 heterocycles. The van der Waals surface area contributed by atoms with Crippen LogP contribution >= 0.6 is 30.7 Å². The Morgan fingerprint density at radius 1 is 1.16 bits per heavy atom. The molecule has 2 aromatic carbocycles. The highest BCUT2D eigenvalue weighted by molar-refractivity contribution is 7.98. The summed E-state index contributed by atoms with van der Waals surface area (Å²) < 4.78 is 54.6. The van der Waals surface area contributed by atoms with Gasteiger partial charge in [0.1, 0.15) is 28.8 Å². The predicted molar refractivity (Wildman–Crippen MR) is 174 cm³/mol. The SMILES string of the molecule is CP(=O)(O)CCC(N)C(=O)O.CSc1nnc(C(C)(C)C)c(=O)n1N.O=C(O)c1cc(Oc2ccc(C(F)(F)F)cc2Cl)ccc1[N+](=O)[O-]. The number of nitrogen functional groups attached to an aromatic ring is 1. The lowest BCUT2D eigenvalue weighted by molar-refractivity contribution is -0.385. The number of alkyl halides is 3. The van der Waals surface area contributed by atoms with Crippen molar-refractivity contribution < 1.29 is 52.1 Å². The average molecular weight is 757 g/mol. The van der Waals surface area contributed by atoms with Crippen LogP contribution in [0.15, 0.2) is 46.3 Å². The van der Waals surface area contributed by atoms with Crippen molar-refractivity contribution in [3.63, 3.8) is 0 Å². The Bertz CT molecular complexity index is 1780. The van der Waals surface area contributed by atoms with E-state index < -0.39 is 53.3 Å². The Labute approximate surface area is 285 Å². The maximum atomic E-state index is 12.6. The molecule has 0 aliphatic heterocycles. The van der Waals surface area contributed by atoms with Crippen molar-refractivity contribution in [3.05, 3.63) is 78.7 Å². The van der Waals surface area contributed by atoms with Crippen LogP contribution in [0, 0.1) is 10.1 Å². The number of hydrogen-bond donors (Lipinski definition) is 5. The topological polar surface area (TPSA) is 264 Å². The summed E-state index contributed by atoms with van der Waals surface area (Å²) in [4.78, 5) is 51.5. The molecule has 2 unspecified atom stereocenters. The number of carboxylic acids is 2. The molecule has 0 bridgehead atoms. The number of benzene rings is 2. The van der Waals surface area contributed by atoms with Gasteiger partial charge in [0.15, 0.2) is 7.37 Å². The van der Waals surface area contributed by atoms with Gasteiger partial charge in [-0.05, 0) is 36.9 Å². The fraction of sp³-hybridized carbons (Fsp3) is 0.370. The van der Waals surface area contributed by atoms with Crippen molar-refractivity contribution in [3.8, 4) is 11.5 Å². The van der Waals surface area contributed by atoms with E-state index in [1.807, 2.05) is 20.8 Å². The van der Waals surface area contributed by atoms with E-state index in [0.29, 0.717) is 16.9 Å². The van der Waals surface area contributed by atoms with Crippen molar-refractivity contribution in [1.82, 2.24) is 14.9 Å². The maximum Gasteiger partial charge on any atom is 0.416 e. The molecule has 0 aliphatic rings. The molecular formula is C27H33ClF3N6O10PS. The number of aliphatic carboxylic acids is 1. The van der Waals surface area contributed by atoms with Crippen LogP contribution in [-0.4, -0.2) is 72.0 Å². The first-order valence-electron chi connectivity index (χ1n) is 13.4. The van der Waals surface area contributed by atoms with Crippen molar-refractivity contribution >= 4 is 48.4 Å². The van der Waals surface area contributed by atoms with Gasteiger partial charge in [0.25, 0.3) is 11.2 Å². The number of halogens is 4. The van der Waals surface area contributed by atoms with Crippen LogP contribution in [0.1, 0.15) is 48.8 Å². The summed E-state index contributed by atoms with van der Waals surface area (Å²) in [7, 11) is -3.10. The lowest BCUT2D eigenvalue weighted by Gasteiger charge is -2.16. The van der Waals surface area contributed by atoms with Crippen LogP contribution in [0.4, 0.5) is 18.9 Å². The van der Waals surface area contributed by atoms with Crippen molar-refractivity contribution in [1.29, 1.82) is 0 Å². The first-order valence-corrected chi connectivity index (χ1v) is 17.3. The first kappa shape index (κ1) is 42.8. The molecule has 3 aromatic rings. The molecular weight excluding hydrogens is 724 g/mol. The lowest BCUT2D eigenvalue weighted by atomic mass is 9.93. The summed E-state index contributed by atoms with van der Waals surface area (Å²) in [6.07, 6.45) is -2.78. The molecule has 0 saturated carbocycles. The summed E-state index contributed by atoms with van der Waals surface area (Å²) in [5.74, 6) is 2.60. The largest absolute Gasteiger partial charge is 0.480 e. The van der Waals surface area contributed by atoms with Gasteiger partial charge in [-0.2, -0.15) is 17.8 Å². The smallest absolute Gasteiger partial charge is 0.416 e. The monoisotopic (exact) mass is 756 g/mol. The van der Waals surface area contributed by atoms with E-state index in [9.17, 15) is 42.2 Å². The molecule has 0 fully saturated rings. The van der Waals surface area contributed by atoms with Crippen molar-refractivity contribution in [2.45, 2.75) is 50.0 Å². The summed E-state index contributed by atoms with van der Waals surface area (Å²) in [6.45, 7) is 6.88. The predicted octanol–water partition coefficient (Wildman–Crippen LogP) is 4.82. The van der Waals surface area contributed by atoms with E-state index in [2.05, 4.69) is 10.2 Å². The molecule has 49 heavy (non-hydrogen) atoms. The minimum atomic E-state index is -4.58. The van der Waals surface area contributed by atoms with Crippen LogP contribution in [0.5, 0.6) is 11.5 Å².